The van der Waals surface area contributed by atoms with Crippen LogP contribution in [0.2, 0.25) is 0 Å². The maximum atomic E-state index is 11.6. The molecule has 1 heterocycles. The van der Waals surface area contributed by atoms with Crippen LogP contribution in [-0.4, -0.2) is 46.0 Å². The average molecular weight is 222 g/mol. The third-order valence-electron chi connectivity index (χ3n) is 2.40. The summed E-state index contributed by atoms with van der Waals surface area (Å²) < 4.78 is 30.9. The fourth-order valence-corrected chi connectivity index (χ4v) is 2.30. The molecule has 2 atom stereocenters. The summed E-state index contributed by atoms with van der Waals surface area (Å²) in [5.41, 5.74) is 0. The Labute approximate surface area is 85.3 Å². The summed E-state index contributed by atoms with van der Waals surface area (Å²) in [5.74, 6) is 0. The van der Waals surface area contributed by atoms with Crippen molar-refractivity contribution in [1.82, 2.24) is 10.0 Å². The summed E-state index contributed by atoms with van der Waals surface area (Å²) in [6.45, 7) is 4.64. The third kappa shape index (κ3) is 2.66. The summed E-state index contributed by atoms with van der Waals surface area (Å²) >= 11 is 0. The van der Waals surface area contributed by atoms with Crippen LogP contribution < -0.4 is 10.0 Å². The van der Waals surface area contributed by atoms with Crippen molar-refractivity contribution < 1.29 is 13.2 Å². The van der Waals surface area contributed by atoms with Crippen molar-refractivity contribution in [1.29, 1.82) is 0 Å². The molecule has 6 heteroatoms. The molecular weight excluding hydrogens is 204 g/mol. The normalized spacial score (nSPS) is 28.6. The van der Waals surface area contributed by atoms with E-state index in [1.54, 1.807) is 21.0 Å². The maximum absolute atomic E-state index is 11.6. The molecule has 14 heavy (non-hydrogen) atoms. The molecule has 1 fully saturated rings. The summed E-state index contributed by atoms with van der Waals surface area (Å²) in [5, 5.41) is 2.68. The van der Waals surface area contributed by atoms with E-state index in [0.29, 0.717) is 13.1 Å². The van der Waals surface area contributed by atoms with E-state index in [1.807, 2.05) is 0 Å². The lowest BCUT2D eigenvalue weighted by Gasteiger charge is -2.19. The molecule has 5 nitrogen and oxygen atoms in total. The number of hydrogen-bond donors (Lipinski definition) is 2. The fourth-order valence-electron chi connectivity index (χ4n) is 1.37. The van der Waals surface area contributed by atoms with Gasteiger partial charge in [-0.25, -0.2) is 13.1 Å². The second kappa shape index (κ2) is 4.57. The molecule has 0 bridgehead atoms. The Hall–Kier alpha value is -0.170. The van der Waals surface area contributed by atoms with Gasteiger partial charge in [0.05, 0.1) is 17.4 Å². The molecule has 2 N–H and O–H groups in total. The van der Waals surface area contributed by atoms with Crippen LogP contribution in [0.5, 0.6) is 0 Å². The molecule has 0 spiro atoms. The highest BCUT2D eigenvalue weighted by Crippen LogP contribution is 2.07. The second-order valence-electron chi connectivity index (χ2n) is 3.75. The number of hydrogen-bond acceptors (Lipinski definition) is 4. The van der Waals surface area contributed by atoms with Crippen molar-refractivity contribution in [3.8, 4) is 0 Å². The molecule has 0 aliphatic carbocycles. The zero-order valence-electron chi connectivity index (χ0n) is 8.78. The van der Waals surface area contributed by atoms with Crippen molar-refractivity contribution >= 4 is 10.0 Å². The van der Waals surface area contributed by atoms with E-state index in [2.05, 4.69) is 10.0 Å². The minimum atomic E-state index is -3.19. The molecule has 84 valence electrons. The van der Waals surface area contributed by atoms with Gasteiger partial charge in [0, 0.05) is 20.2 Å². The standard InChI is InChI=1S/C8H18N2O3S/c1-6(2)14(11,12)10-7-4-9-5-8(7)13-3/h6-10H,4-5H2,1-3H3. The van der Waals surface area contributed by atoms with Gasteiger partial charge >= 0.3 is 0 Å². The smallest absolute Gasteiger partial charge is 0.214 e. The Morgan fingerprint density at radius 2 is 2.07 bits per heavy atom. The third-order valence-corrected chi connectivity index (χ3v) is 4.27. The van der Waals surface area contributed by atoms with Gasteiger partial charge in [-0.15, -0.1) is 0 Å². The van der Waals surface area contributed by atoms with Gasteiger partial charge in [-0.2, -0.15) is 0 Å². The molecule has 0 aromatic carbocycles. The molecule has 0 aromatic rings. The van der Waals surface area contributed by atoms with Crippen LogP contribution in [-0.2, 0) is 14.8 Å². The topological polar surface area (TPSA) is 67.4 Å². The van der Waals surface area contributed by atoms with Crippen molar-refractivity contribution in [3.05, 3.63) is 0 Å². The first kappa shape index (κ1) is 11.9. The Kier molecular flexibility index (Phi) is 3.88. The molecule has 0 saturated carbocycles. The Bertz CT molecular complexity index is 276. The molecule has 1 aliphatic heterocycles. The van der Waals surface area contributed by atoms with Gasteiger partial charge in [-0.3, -0.25) is 0 Å². The first-order valence-corrected chi connectivity index (χ1v) is 6.26. The highest BCUT2D eigenvalue weighted by Gasteiger charge is 2.31. The van der Waals surface area contributed by atoms with E-state index < -0.39 is 15.3 Å². The lowest BCUT2D eigenvalue weighted by Crippen LogP contribution is -2.45. The molecular formula is C8H18N2O3S. The summed E-state index contributed by atoms with van der Waals surface area (Å²) in [6, 6.07) is -0.146. The van der Waals surface area contributed by atoms with E-state index in [9.17, 15) is 8.42 Å². The minimum absolute atomic E-state index is 0.0662. The molecule has 0 amide bonds. The van der Waals surface area contributed by atoms with E-state index in [0.717, 1.165) is 0 Å². The summed E-state index contributed by atoms with van der Waals surface area (Å²) in [6.07, 6.45) is -0.0662. The SMILES string of the molecule is COC1CNCC1NS(=O)(=O)C(C)C. The molecule has 1 rings (SSSR count). The highest BCUT2D eigenvalue weighted by atomic mass is 32.2. The molecule has 0 radical (unpaired) electrons. The van der Waals surface area contributed by atoms with Gasteiger partial charge in [0.2, 0.25) is 10.0 Å². The van der Waals surface area contributed by atoms with Crippen LogP contribution in [0.1, 0.15) is 13.8 Å². The Balaban J connectivity index is 2.60. The highest BCUT2D eigenvalue weighted by molar-refractivity contribution is 7.90. The average Bonchev–Trinajstić information content (AvgIpc) is 2.50. The van der Waals surface area contributed by atoms with Gasteiger partial charge < -0.3 is 10.1 Å². The van der Waals surface area contributed by atoms with E-state index in [1.165, 1.54) is 0 Å². The quantitative estimate of drug-likeness (QED) is 0.660. The fraction of sp³-hybridized carbons (Fsp3) is 1.00. The number of sulfonamides is 1. The van der Waals surface area contributed by atoms with Crippen molar-refractivity contribution in [2.75, 3.05) is 20.2 Å². The van der Waals surface area contributed by atoms with Crippen LogP contribution in [0.4, 0.5) is 0 Å². The van der Waals surface area contributed by atoms with Crippen molar-refractivity contribution in [3.63, 3.8) is 0 Å². The lowest BCUT2D eigenvalue weighted by atomic mass is 10.2. The van der Waals surface area contributed by atoms with E-state index >= 15 is 0 Å². The number of ether oxygens (including phenoxy) is 1. The molecule has 1 aliphatic rings. The zero-order valence-corrected chi connectivity index (χ0v) is 9.60. The molecule has 0 aromatic heterocycles. The predicted molar refractivity (Wildman–Crippen MR) is 54.6 cm³/mol. The molecule has 1 saturated heterocycles. The monoisotopic (exact) mass is 222 g/mol. The molecule has 2 unspecified atom stereocenters. The lowest BCUT2D eigenvalue weighted by molar-refractivity contribution is 0.103. The van der Waals surface area contributed by atoms with Gasteiger partial charge in [0.15, 0.2) is 0 Å². The largest absolute Gasteiger partial charge is 0.378 e. The van der Waals surface area contributed by atoms with Crippen LogP contribution >= 0.6 is 0 Å². The van der Waals surface area contributed by atoms with E-state index in [4.69, 9.17) is 4.74 Å². The van der Waals surface area contributed by atoms with E-state index in [-0.39, 0.29) is 12.1 Å². The van der Waals surface area contributed by atoms with Gasteiger partial charge in [0.25, 0.3) is 0 Å². The summed E-state index contributed by atoms with van der Waals surface area (Å²) in [4.78, 5) is 0. The van der Waals surface area contributed by atoms with Crippen molar-refractivity contribution in [2.24, 2.45) is 0 Å². The Morgan fingerprint density at radius 3 is 2.57 bits per heavy atom. The van der Waals surface area contributed by atoms with Gasteiger partial charge in [-0.1, -0.05) is 0 Å². The van der Waals surface area contributed by atoms with Crippen molar-refractivity contribution in [2.45, 2.75) is 31.2 Å². The Morgan fingerprint density at radius 1 is 1.43 bits per heavy atom. The maximum Gasteiger partial charge on any atom is 0.214 e. The van der Waals surface area contributed by atoms with Crippen LogP contribution in [0, 0.1) is 0 Å². The first-order chi connectivity index (χ1) is 6.47. The number of methoxy groups -OCH3 is 1. The zero-order chi connectivity index (χ0) is 10.8. The number of nitrogens with one attached hydrogen (secondary N) is 2. The van der Waals surface area contributed by atoms with Crippen LogP contribution in [0.15, 0.2) is 0 Å². The predicted octanol–water partition coefficient (Wildman–Crippen LogP) is -0.699. The summed E-state index contributed by atoms with van der Waals surface area (Å²) in [7, 11) is -1.60. The van der Waals surface area contributed by atoms with Crippen LogP contribution in [0.3, 0.4) is 0 Å². The van der Waals surface area contributed by atoms with Gasteiger partial charge in [-0.05, 0) is 13.8 Å². The minimum Gasteiger partial charge on any atom is -0.378 e. The second-order valence-corrected chi connectivity index (χ2v) is 6.02. The first-order valence-electron chi connectivity index (χ1n) is 4.72. The van der Waals surface area contributed by atoms with Gasteiger partial charge in [0.1, 0.15) is 0 Å². The van der Waals surface area contributed by atoms with Crippen LogP contribution in [0.25, 0.3) is 0 Å². The number of rotatable bonds is 4.